The molecule has 0 atom stereocenters. The summed E-state index contributed by atoms with van der Waals surface area (Å²) in [5.41, 5.74) is 14.3. The van der Waals surface area contributed by atoms with Gasteiger partial charge in [0, 0.05) is 25.8 Å². The number of fused-ring (bicyclic) bond motifs is 5. The molecule has 0 fully saturated rings. The first-order valence-corrected chi connectivity index (χ1v) is 20.9. The molecule has 2 heteroatoms. The third-order valence-corrected chi connectivity index (χ3v) is 12.3. The van der Waals surface area contributed by atoms with Gasteiger partial charge >= 0.3 is 0 Å². The average Bonchev–Trinajstić information content (AvgIpc) is 3.94. The van der Waals surface area contributed by atoms with E-state index in [1.165, 1.54) is 87.6 Å². The second-order valence-electron chi connectivity index (χ2n) is 16.8. The monoisotopic (exact) mass is 909 g/mol. The molecule has 8 aromatic carbocycles. The molecule has 0 saturated carbocycles. The molecule has 2 radical (unpaired) electrons. The first kappa shape index (κ1) is 41.3. The Kier molecular flexibility index (Phi) is 12.8. The number of rotatable bonds is 4. The summed E-state index contributed by atoms with van der Waals surface area (Å²) in [5, 5.41) is 8.28. The van der Waals surface area contributed by atoms with Gasteiger partial charge in [-0.25, -0.2) is 0 Å². The summed E-state index contributed by atoms with van der Waals surface area (Å²) in [5.74, 6) is 0. The molecule has 0 saturated heterocycles. The fourth-order valence-corrected chi connectivity index (χ4v) is 9.02. The van der Waals surface area contributed by atoms with Crippen LogP contribution in [-0.2, 0) is 49.5 Å². The van der Waals surface area contributed by atoms with Crippen molar-refractivity contribution in [3.63, 3.8) is 0 Å². The van der Waals surface area contributed by atoms with E-state index in [0.29, 0.717) is 0 Å². The van der Waals surface area contributed by atoms with E-state index < -0.39 is 0 Å². The zero-order valence-electron chi connectivity index (χ0n) is 34.3. The molecule has 0 aliphatic carbocycles. The standard InChI is InChI=1S/2C21H23.C12H7Si.Hf/c2*1-5-15-9-6-7-11-18(15)19-12-8-10-16-13-17(14-20(16)19)21(2,3)4;1-3-7-11-9(5-1)10-6-2-4-8-12(10)13-11;/h2*6-14H,5H2,1-4H3;1-7H;/q3*-1;. The molecule has 0 nitrogen and oxygen atoms in total. The summed E-state index contributed by atoms with van der Waals surface area (Å²) < 4.78 is 0. The Labute approximate surface area is 357 Å². The first-order chi connectivity index (χ1) is 26.5. The molecule has 56 heavy (non-hydrogen) atoms. The van der Waals surface area contributed by atoms with Crippen LogP contribution >= 0.6 is 0 Å². The second-order valence-corrected chi connectivity index (χ2v) is 18.0. The molecule has 0 N–H and O–H groups in total. The van der Waals surface area contributed by atoms with E-state index in [4.69, 9.17) is 0 Å². The van der Waals surface area contributed by atoms with Crippen LogP contribution in [0.2, 0.25) is 0 Å². The third-order valence-electron chi connectivity index (χ3n) is 10.9. The van der Waals surface area contributed by atoms with Crippen molar-refractivity contribution >= 4 is 41.4 Å². The predicted molar refractivity (Wildman–Crippen MR) is 242 cm³/mol. The van der Waals surface area contributed by atoms with E-state index in [2.05, 4.69) is 207 Å². The molecular formula is C54H53HfSi-3. The maximum Gasteiger partial charge on any atom is 0.0920 e. The van der Waals surface area contributed by atoms with E-state index in [1.807, 2.05) is 6.07 Å². The van der Waals surface area contributed by atoms with E-state index in [9.17, 15) is 0 Å². The molecule has 0 spiro atoms. The Morgan fingerprint density at radius 1 is 0.482 bits per heavy atom. The van der Waals surface area contributed by atoms with Gasteiger partial charge in [-0.15, -0.1) is 74.6 Å². The van der Waals surface area contributed by atoms with Crippen LogP contribution in [0.25, 0.3) is 54.9 Å². The first-order valence-electron chi connectivity index (χ1n) is 19.9. The SMILES string of the molecule is CCc1ccccc1-c1cccc2[cH-]c(C(C)(C)C)cc12.CCc1ccccc1-c1cccc2[cH-]c(C(C)(C)C)cc12.[Hf].[c-]1cccc2c1[Si]c1ccccc1-2. The van der Waals surface area contributed by atoms with Crippen molar-refractivity contribution in [2.75, 3.05) is 0 Å². The van der Waals surface area contributed by atoms with Gasteiger partial charge in [-0.2, -0.15) is 41.6 Å². The summed E-state index contributed by atoms with van der Waals surface area (Å²) in [6, 6.07) is 58.4. The van der Waals surface area contributed by atoms with Crippen LogP contribution in [0.3, 0.4) is 0 Å². The van der Waals surface area contributed by atoms with Gasteiger partial charge in [0.1, 0.15) is 0 Å². The predicted octanol–water partition coefficient (Wildman–Crippen LogP) is 13.3. The van der Waals surface area contributed by atoms with Crippen LogP contribution in [-0.4, -0.2) is 9.52 Å². The van der Waals surface area contributed by atoms with E-state index in [-0.39, 0.29) is 36.7 Å². The van der Waals surface area contributed by atoms with Gasteiger partial charge in [0.05, 0.1) is 9.52 Å². The fraction of sp³-hybridized carbons (Fsp3) is 0.222. The molecule has 0 unspecified atom stereocenters. The van der Waals surface area contributed by atoms with Crippen LogP contribution in [0.5, 0.6) is 0 Å². The molecule has 1 heterocycles. The largest absolute Gasteiger partial charge is 0.184 e. The summed E-state index contributed by atoms with van der Waals surface area (Å²) in [7, 11) is 0.795. The van der Waals surface area contributed by atoms with Gasteiger partial charge in [0.2, 0.25) is 0 Å². The van der Waals surface area contributed by atoms with Crippen molar-refractivity contribution in [2.24, 2.45) is 0 Å². The normalized spacial score (nSPS) is 11.9. The smallest absolute Gasteiger partial charge is 0.0920 e. The quantitative estimate of drug-likeness (QED) is 0.122. The Morgan fingerprint density at radius 2 is 0.911 bits per heavy atom. The maximum absolute atomic E-state index is 3.31. The average molecular weight is 909 g/mol. The van der Waals surface area contributed by atoms with Gasteiger partial charge in [-0.1, -0.05) is 162 Å². The van der Waals surface area contributed by atoms with Crippen LogP contribution in [0.1, 0.15) is 77.6 Å². The summed E-state index contributed by atoms with van der Waals surface area (Å²) in [6.45, 7) is 18.1. The number of hydrogen-bond donors (Lipinski definition) is 0. The van der Waals surface area contributed by atoms with Crippen molar-refractivity contribution in [3.8, 4) is 33.4 Å². The minimum absolute atomic E-state index is 0. The Hall–Kier alpha value is -4.37. The Bertz CT molecular complexity index is 2380. The summed E-state index contributed by atoms with van der Waals surface area (Å²) >= 11 is 0. The van der Waals surface area contributed by atoms with Gasteiger partial charge in [-0.05, 0) is 45.9 Å². The van der Waals surface area contributed by atoms with Crippen molar-refractivity contribution in [1.82, 2.24) is 0 Å². The van der Waals surface area contributed by atoms with Crippen molar-refractivity contribution in [2.45, 2.75) is 79.1 Å². The minimum Gasteiger partial charge on any atom is -0.184 e. The summed E-state index contributed by atoms with van der Waals surface area (Å²) in [6.07, 6.45) is 2.14. The van der Waals surface area contributed by atoms with Crippen molar-refractivity contribution in [3.05, 3.63) is 180 Å². The Morgan fingerprint density at radius 3 is 1.39 bits per heavy atom. The topological polar surface area (TPSA) is 0 Å². The molecule has 0 aromatic heterocycles. The van der Waals surface area contributed by atoms with Gasteiger partial charge in [-0.3, -0.25) is 0 Å². The minimum atomic E-state index is 0. The Balaban J connectivity index is 0.000000145. The molecule has 0 bridgehead atoms. The zero-order valence-corrected chi connectivity index (χ0v) is 38.9. The fourth-order valence-electron chi connectivity index (χ4n) is 7.71. The van der Waals surface area contributed by atoms with Crippen molar-refractivity contribution in [1.29, 1.82) is 0 Å². The molecule has 280 valence electrons. The van der Waals surface area contributed by atoms with Gasteiger partial charge < -0.3 is 0 Å². The van der Waals surface area contributed by atoms with Crippen LogP contribution < -0.4 is 10.4 Å². The maximum atomic E-state index is 3.31. The molecule has 9 rings (SSSR count). The van der Waals surface area contributed by atoms with Crippen LogP contribution in [0.15, 0.2) is 152 Å². The molecule has 1 aliphatic rings. The van der Waals surface area contributed by atoms with Crippen LogP contribution in [0, 0.1) is 6.07 Å². The van der Waals surface area contributed by atoms with Crippen molar-refractivity contribution < 1.29 is 25.8 Å². The zero-order chi connectivity index (χ0) is 38.7. The summed E-state index contributed by atoms with van der Waals surface area (Å²) in [4.78, 5) is 0. The number of benzene rings is 6. The molecule has 1 aliphatic heterocycles. The van der Waals surface area contributed by atoms with E-state index in [1.54, 1.807) is 0 Å². The molecular weight excluding hydrogens is 855 g/mol. The number of aryl methyl sites for hydroxylation is 2. The van der Waals surface area contributed by atoms with E-state index in [0.717, 1.165) is 22.4 Å². The van der Waals surface area contributed by atoms with Gasteiger partial charge in [0.25, 0.3) is 0 Å². The molecule has 0 amide bonds. The van der Waals surface area contributed by atoms with Crippen LogP contribution in [0.4, 0.5) is 0 Å². The second kappa shape index (κ2) is 17.4. The molecule has 8 aromatic rings. The van der Waals surface area contributed by atoms with Gasteiger partial charge in [0.15, 0.2) is 0 Å². The number of hydrogen-bond acceptors (Lipinski definition) is 0. The third kappa shape index (κ3) is 8.78. The van der Waals surface area contributed by atoms with E-state index >= 15 is 0 Å².